The van der Waals surface area contributed by atoms with E-state index in [2.05, 4.69) is 0 Å². The topological polar surface area (TPSA) is 77.8 Å². The molecule has 0 heterocycles. The van der Waals surface area contributed by atoms with E-state index in [1.54, 1.807) is 0 Å². The molecule has 0 radical (unpaired) electrons. The van der Waals surface area contributed by atoms with E-state index in [4.69, 9.17) is 19.2 Å². The molecule has 0 unspecified atom stereocenters. The Morgan fingerprint density at radius 2 is 1.14 bits per heavy atom. The normalized spacial score (nSPS) is 8.43. The summed E-state index contributed by atoms with van der Waals surface area (Å²) in [5, 5.41) is 0. The Morgan fingerprint density at radius 3 is 1.14 bits per heavy atom. The molecule has 7 heavy (non-hydrogen) atoms. The minimum atomic E-state index is -4.64. The summed E-state index contributed by atoms with van der Waals surface area (Å²) in [5.74, 6) is 0. The number of rotatable bonds is 0. The van der Waals surface area contributed by atoms with Crippen molar-refractivity contribution in [3.05, 3.63) is 0 Å². The molecule has 0 saturated heterocycles. The zero-order chi connectivity index (χ0) is 4.50. The molecule has 0 amide bonds. The quantitative estimate of drug-likeness (QED) is 0.249. The van der Waals surface area contributed by atoms with Gasteiger partial charge in [0.25, 0.3) is 0 Å². The fraction of sp³-hybridized carbons (Fsp3) is 0. The monoisotopic (exact) mass is 136 g/mol. The van der Waals surface area contributed by atoms with Crippen LogP contribution in [0.25, 0.3) is 0 Å². The van der Waals surface area contributed by atoms with E-state index in [9.17, 15) is 0 Å². The molecule has 0 rings (SSSR count). The summed E-state index contributed by atoms with van der Waals surface area (Å²) < 4.78 is 8.88. The van der Waals surface area contributed by atoms with Crippen LogP contribution in [0, 0.1) is 0 Å². The van der Waals surface area contributed by atoms with Gasteiger partial charge in [-0.05, 0) is 0 Å². The van der Waals surface area contributed by atoms with Gasteiger partial charge in [0.2, 0.25) is 0 Å². The second kappa shape index (κ2) is 5.38. The summed E-state index contributed by atoms with van der Waals surface area (Å²) in [5.41, 5.74) is 0. The van der Waals surface area contributed by atoms with Gasteiger partial charge in [0.15, 0.2) is 17.4 Å². The van der Waals surface area contributed by atoms with Gasteiger partial charge < -0.3 is 14.7 Å². The third kappa shape index (κ3) is 129. The zero-order valence-electron chi connectivity index (χ0n) is 2.20. The molecule has 0 saturated carbocycles. The second-order valence-corrected chi connectivity index (χ2v) is 1.54. The SMILES string of the molecule is O=P(O)(O)O.[AlH3].[LiH]. The van der Waals surface area contributed by atoms with Crippen LogP contribution in [0.1, 0.15) is 0 Å². The first-order valence-electron chi connectivity index (χ1n) is 0.783. The third-order valence-corrected chi connectivity index (χ3v) is 0. The predicted molar refractivity (Wildman–Crippen MR) is 31.4 cm³/mol. The van der Waals surface area contributed by atoms with Crippen LogP contribution in [0.5, 0.6) is 0 Å². The van der Waals surface area contributed by atoms with E-state index in [-0.39, 0.29) is 36.2 Å². The van der Waals surface area contributed by atoms with Gasteiger partial charge in [-0.15, -0.1) is 0 Å². The van der Waals surface area contributed by atoms with Crippen LogP contribution < -0.4 is 0 Å². The molecule has 0 spiro atoms. The van der Waals surface area contributed by atoms with Crippen LogP contribution in [0.15, 0.2) is 0 Å². The van der Waals surface area contributed by atoms with Crippen molar-refractivity contribution < 1.29 is 19.2 Å². The Kier molecular flexibility index (Phi) is 12.1. The molecule has 0 aliphatic rings. The molecule has 0 fully saturated rings. The molecule has 0 aromatic rings. The number of hydrogen-bond acceptors (Lipinski definition) is 1. The molecule has 3 N–H and O–H groups in total. The van der Waals surface area contributed by atoms with Gasteiger partial charge in [-0.1, -0.05) is 0 Å². The van der Waals surface area contributed by atoms with Crippen molar-refractivity contribution in [1.29, 1.82) is 0 Å². The van der Waals surface area contributed by atoms with E-state index in [1.165, 1.54) is 0 Å². The predicted octanol–water partition coefficient (Wildman–Crippen LogP) is -2.76. The van der Waals surface area contributed by atoms with E-state index >= 15 is 0 Å². The fourth-order valence-electron chi connectivity index (χ4n) is 0. The van der Waals surface area contributed by atoms with Crippen molar-refractivity contribution in [2.24, 2.45) is 0 Å². The van der Waals surface area contributed by atoms with Crippen LogP contribution in [0.2, 0.25) is 0 Å². The van der Waals surface area contributed by atoms with Gasteiger partial charge in [-0.2, -0.15) is 0 Å². The summed E-state index contributed by atoms with van der Waals surface area (Å²) in [4.78, 5) is 21.6. The van der Waals surface area contributed by atoms with E-state index in [0.717, 1.165) is 0 Å². The molecule has 7 heteroatoms. The van der Waals surface area contributed by atoms with Gasteiger partial charge in [0, 0.05) is 0 Å². The summed E-state index contributed by atoms with van der Waals surface area (Å²) in [7, 11) is -4.64. The first kappa shape index (κ1) is 15.7. The van der Waals surface area contributed by atoms with Gasteiger partial charge >= 0.3 is 26.7 Å². The van der Waals surface area contributed by atoms with Crippen LogP contribution in [-0.2, 0) is 4.57 Å². The summed E-state index contributed by atoms with van der Waals surface area (Å²) in [6.45, 7) is 0. The molecule has 0 aliphatic carbocycles. The Labute approximate surface area is 63.5 Å². The summed E-state index contributed by atoms with van der Waals surface area (Å²) in [6, 6.07) is 0. The third-order valence-electron chi connectivity index (χ3n) is 0. The van der Waals surface area contributed by atoms with Crippen molar-refractivity contribution >= 4 is 44.0 Å². The van der Waals surface area contributed by atoms with Gasteiger partial charge in [0.1, 0.15) is 0 Å². The average Bonchev–Trinajstić information content (AvgIpc) is 0.722. The number of hydrogen-bond donors (Lipinski definition) is 3. The van der Waals surface area contributed by atoms with Gasteiger partial charge in [-0.25, -0.2) is 4.57 Å². The van der Waals surface area contributed by atoms with Crippen molar-refractivity contribution in [3.8, 4) is 0 Å². The molecular formula is H7AlLiO4P. The van der Waals surface area contributed by atoms with E-state index in [0.29, 0.717) is 0 Å². The summed E-state index contributed by atoms with van der Waals surface area (Å²) >= 11 is 0. The standard InChI is InChI=1S/Al.Li.H3O4P.4H/c;;1-5(2,3)4;;;;/h;;(H3,1,2,3,4);;;;. The molecule has 40 valence electrons. The second-order valence-electron chi connectivity index (χ2n) is 0.513. The molecule has 0 bridgehead atoms. The van der Waals surface area contributed by atoms with Gasteiger partial charge in [0.05, 0.1) is 0 Å². The first-order chi connectivity index (χ1) is 2.00. The molecular weight excluding hydrogens is 129 g/mol. The van der Waals surface area contributed by atoms with Crippen LogP contribution in [0.3, 0.4) is 0 Å². The zero-order valence-corrected chi connectivity index (χ0v) is 3.09. The van der Waals surface area contributed by atoms with Crippen LogP contribution in [0.4, 0.5) is 0 Å². The van der Waals surface area contributed by atoms with E-state index in [1.807, 2.05) is 0 Å². The minimum absolute atomic E-state index is 0. The Morgan fingerprint density at radius 1 is 1.14 bits per heavy atom. The molecule has 0 aliphatic heterocycles. The molecule has 0 atom stereocenters. The Hall–Kier alpha value is 1.24. The van der Waals surface area contributed by atoms with Crippen molar-refractivity contribution in [1.82, 2.24) is 0 Å². The van der Waals surface area contributed by atoms with Crippen LogP contribution >= 0.6 is 7.82 Å². The molecule has 0 aromatic carbocycles. The van der Waals surface area contributed by atoms with E-state index < -0.39 is 7.82 Å². The number of phosphoric acid groups is 1. The summed E-state index contributed by atoms with van der Waals surface area (Å²) in [6.07, 6.45) is 0. The maximum absolute atomic E-state index is 8.88. The average molecular weight is 136 g/mol. The Bertz CT molecular complexity index is 57.8. The van der Waals surface area contributed by atoms with Crippen LogP contribution in [-0.4, -0.2) is 50.9 Å². The van der Waals surface area contributed by atoms with Crippen molar-refractivity contribution in [3.63, 3.8) is 0 Å². The Balaban J connectivity index is -0.0000000800. The van der Waals surface area contributed by atoms with Gasteiger partial charge in [-0.3, -0.25) is 0 Å². The first-order valence-corrected chi connectivity index (χ1v) is 2.35. The van der Waals surface area contributed by atoms with Crippen molar-refractivity contribution in [2.45, 2.75) is 0 Å². The fourth-order valence-corrected chi connectivity index (χ4v) is 0. The molecule has 0 aromatic heterocycles. The van der Waals surface area contributed by atoms with Crippen molar-refractivity contribution in [2.75, 3.05) is 0 Å². The maximum atomic E-state index is 8.88. The molecule has 4 nitrogen and oxygen atoms in total.